The number of benzene rings is 2. The van der Waals surface area contributed by atoms with Gasteiger partial charge in [0.1, 0.15) is 6.54 Å². The number of aliphatic hydroxyl groups is 1. The largest absolute Gasteiger partial charge is 0.388 e. The van der Waals surface area contributed by atoms with Gasteiger partial charge in [-0.2, -0.15) is 0 Å². The number of fused-ring (bicyclic) bond motifs is 3. The van der Waals surface area contributed by atoms with Crippen LogP contribution in [0.25, 0.3) is 11.0 Å². The molecule has 1 fully saturated rings. The van der Waals surface area contributed by atoms with Gasteiger partial charge in [0.05, 0.1) is 28.9 Å². The molecule has 1 unspecified atom stereocenters. The lowest BCUT2D eigenvalue weighted by molar-refractivity contribution is -0.148. The van der Waals surface area contributed by atoms with Gasteiger partial charge in [-0.3, -0.25) is 9.59 Å². The average molecular weight is 487 g/mol. The molecule has 1 aromatic heterocycles. The molecule has 2 aromatic carbocycles. The maximum absolute atomic E-state index is 13.6. The second-order valence-corrected chi connectivity index (χ2v) is 10.7. The van der Waals surface area contributed by atoms with Crippen LogP contribution in [0.1, 0.15) is 37.8 Å². The van der Waals surface area contributed by atoms with Gasteiger partial charge in [0, 0.05) is 31.6 Å². The summed E-state index contributed by atoms with van der Waals surface area (Å²) in [7, 11) is 0. The van der Waals surface area contributed by atoms with Crippen molar-refractivity contribution in [2.45, 2.75) is 51.3 Å². The molecule has 2 aliphatic rings. The minimum Gasteiger partial charge on any atom is -0.388 e. The molecular weight excluding hydrogens is 452 g/mol. The lowest BCUT2D eigenvalue weighted by atomic mass is 9.68. The summed E-state index contributed by atoms with van der Waals surface area (Å²) in [6, 6.07) is 16.2. The monoisotopic (exact) mass is 486 g/mol. The highest BCUT2D eigenvalue weighted by molar-refractivity contribution is 5.83. The van der Waals surface area contributed by atoms with Crippen LogP contribution in [0.4, 0.5) is 0 Å². The fourth-order valence-electron chi connectivity index (χ4n) is 5.85. The van der Waals surface area contributed by atoms with Crippen LogP contribution in [0.5, 0.6) is 0 Å². The first-order valence-electron chi connectivity index (χ1n) is 12.6. The van der Waals surface area contributed by atoms with Gasteiger partial charge < -0.3 is 19.5 Å². The van der Waals surface area contributed by atoms with Gasteiger partial charge in [-0.1, -0.05) is 42.5 Å². The van der Waals surface area contributed by atoms with E-state index < -0.39 is 11.5 Å². The molecule has 0 bridgehead atoms. The molecular formula is C29H34N4O3. The van der Waals surface area contributed by atoms with Crippen molar-refractivity contribution in [1.82, 2.24) is 19.4 Å². The van der Waals surface area contributed by atoms with Crippen LogP contribution < -0.4 is 0 Å². The Hall–Kier alpha value is -3.45. The van der Waals surface area contributed by atoms with Gasteiger partial charge in [0.15, 0.2) is 0 Å². The fourth-order valence-corrected chi connectivity index (χ4v) is 5.85. The van der Waals surface area contributed by atoms with Crippen molar-refractivity contribution in [3.63, 3.8) is 0 Å². The van der Waals surface area contributed by atoms with E-state index in [1.807, 2.05) is 44.7 Å². The van der Waals surface area contributed by atoms with Gasteiger partial charge in [-0.15, -0.1) is 6.58 Å². The molecule has 3 aromatic rings. The first kappa shape index (κ1) is 24.3. The number of carbonyl (C=O) groups is 2. The molecule has 7 nitrogen and oxygen atoms in total. The molecule has 2 aliphatic heterocycles. The summed E-state index contributed by atoms with van der Waals surface area (Å²) >= 11 is 0. The molecule has 1 N–H and O–H groups in total. The van der Waals surface area contributed by atoms with E-state index in [0.29, 0.717) is 26.2 Å². The highest BCUT2D eigenvalue weighted by Gasteiger charge is 2.46. The molecule has 5 rings (SSSR count). The number of nitrogens with zero attached hydrogens (tertiary/aromatic N) is 4. The second kappa shape index (κ2) is 9.21. The quantitative estimate of drug-likeness (QED) is 0.560. The Morgan fingerprint density at radius 1 is 1.11 bits per heavy atom. The van der Waals surface area contributed by atoms with Crippen LogP contribution in [-0.4, -0.2) is 62.0 Å². The van der Waals surface area contributed by atoms with Crippen LogP contribution in [-0.2, 0) is 28.1 Å². The summed E-state index contributed by atoms with van der Waals surface area (Å²) in [4.78, 5) is 35.0. The van der Waals surface area contributed by atoms with Crippen LogP contribution in [0.15, 0.2) is 67.5 Å². The summed E-state index contributed by atoms with van der Waals surface area (Å²) in [6.07, 6.45) is 3.81. The third-order valence-electron chi connectivity index (χ3n) is 8.15. The van der Waals surface area contributed by atoms with Gasteiger partial charge in [-0.25, -0.2) is 4.98 Å². The summed E-state index contributed by atoms with van der Waals surface area (Å²) in [5, 5.41) is 10.4. The zero-order chi connectivity index (χ0) is 25.5. The number of rotatable bonds is 5. The number of aromatic nitrogens is 2. The Morgan fingerprint density at radius 3 is 2.56 bits per heavy atom. The molecule has 7 heteroatoms. The molecule has 36 heavy (non-hydrogen) atoms. The molecule has 0 radical (unpaired) electrons. The number of likely N-dealkylation sites (tertiary alicyclic amines) is 1. The van der Waals surface area contributed by atoms with Crippen molar-refractivity contribution >= 4 is 22.8 Å². The Bertz CT molecular complexity index is 1300. The molecule has 1 saturated heterocycles. The standard InChI is InChI=1S/C29H34N4O3/c1-4-25(34)28(2,3)27(36)32-17-21-9-5-6-10-22(21)29(19-32)13-15-31(16-14-29)26(35)18-33-20-30-23-11-7-8-12-24(23)33/h4-12,20,25,34H,1,13-19H2,2-3H3. The van der Waals surface area contributed by atoms with E-state index in [4.69, 9.17) is 0 Å². The number of imidazole rings is 1. The number of amides is 2. The van der Waals surface area contributed by atoms with Crippen molar-refractivity contribution in [2.75, 3.05) is 19.6 Å². The van der Waals surface area contributed by atoms with E-state index >= 15 is 0 Å². The molecule has 2 amide bonds. The van der Waals surface area contributed by atoms with Crippen LogP contribution >= 0.6 is 0 Å². The van der Waals surface area contributed by atoms with Crippen LogP contribution in [0, 0.1) is 5.41 Å². The smallest absolute Gasteiger partial charge is 0.242 e. The maximum Gasteiger partial charge on any atom is 0.242 e. The number of para-hydroxylation sites is 2. The van der Waals surface area contributed by atoms with Crippen molar-refractivity contribution in [3.05, 3.63) is 78.6 Å². The number of carbonyl (C=O) groups excluding carboxylic acids is 2. The summed E-state index contributed by atoms with van der Waals surface area (Å²) in [6.45, 7) is 9.89. The third-order valence-corrected chi connectivity index (χ3v) is 8.15. The highest BCUT2D eigenvalue weighted by Crippen LogP contribution is 2.43. The topological polar surface area (TPSA) is 78.7 Å². The van der Waals surface area contributed by atoms with Gasteiger partial charge >= 0.3 is 0 Å². The Balaban J connectivity index is 1.34. The lowest BCUT2D eigenvalue weighted by Crippen LogP contribution is -2.57. The Kier molecular flexibility index (Phi) is 6.20. The van der Waals surface area contributed by atoms with E-state index in [1.165, 1.54) is 11.6 Å². The average Bonchev–Trinajstić information content (AvgIpc) is 3.30. The number of aliphatic hydroxyl groups excluding tert-OH is 1. The minimum absolute atomic E-state index is 0.0748. The minimum atomic E-state index is -0.959. The van der Waals surface area contributed by atoms with E-state index in [1.54, 1.807) is 20.2 Å². The van der Waals surface area contributed by atoms with E-state index in [0.717, 1.165) is 29.4 Å². The third kappa shape index (κ3) is 4.11. The van der Waals surface area contributed by atoms with E-state index in [9.17, 15) is 14.7 Å². The molecule has 0 aliphatic carbocycles. The van der Waals surface area contributed by atoms with Gasteiger partial charge in [-0.05, 0) is 49.9 Å². The number of hydrogen-bond donors (Lipinski definition) is 1. The summed E-state index contributed by atoms with van der Waals surface area (Å²) in [5.74, 6) is 0.00883. The van der Waals surface area contributed by atoms with Crippen molar-refractivity contribution < 1.29 is 14.7 Å². The van der Waals surface area contributed by atoms with Crippen LogP contribution in [0.3, 0.4) is 0 Å². The van der Waals surface area contributed by atoms with Gasteiger partial charge in [0.25, 0.3) is 0 Å². The fraction of sp³-hybridized carbons (Fsp3) is 0.414. The predicted octanol–water partition coefficient (Wildman–Crippen LogP) is 3.51. The molecule has 3 heterocycles. The zero-order valence-electron chi connectivity index (χ0n) is 21.1. The molecule has 188 valence electrons. The number of hydrogen-bond acceptors (Lipinski definition) is 4. The van der Waals surface area contributed by atoms with Crippen molar-refractivity contribution in [1.29, 1.82) is 0 Å². The first-order valence-corrected chi connectivity index (χ1v) is 12.6. The lowest BCUT2D eigenvalue weighted by Gasteiger charge is -2.50. The van der Waals surface area contributed by atoms with Crippen molar-refractivity contribution in [2.24, 2.45) is 5.41 Å². The Labute approximate surface area is 212 Å². The number of piperidine rings is 1. The SMILES string of the molecule is C=CC(O)C(C)(C)C(=O)N1Cc2ccccc2C2(CCN(C(=O)Cn3cnc4ccccc43)CC2)C1. The second-order valence-electron chi connectivity index (χ2n) is 10.7. The zero-order valence-corrected chi connectivity index (χ0v) is 21.1. The van der Waals surface area contributed by atoms with E-state index in [-0.39, 0.29) is 23.8 Å². The van der Waals surface area contributed by atoms with Crippen LogP contribution in [0.2, 0.25) is 0 Å². The molecule has 1 spiro atoms. The maximum atomic E-state index is 13.6. The Morgan fingerprint density at radius 2 is 1.81 bits per heavy atom. The highest BCUT2D eigenvalue weighted by atomic mass is 16.3. The first-order chi connectivity index (χ1) is 17.2. The molecule has 1 atom stereocenters. The molecule has 0 saturated carbocycles. The summed E-state index contributed by atoms with van der Waals surface area (Å²) in [5.41, 5.74) is 3.10. The summed E-state index contributed by atoms with van der Waals surface area (Å²) < 4.78 is 1.91. The van der Waals surface area contributed by atoms with Crippen molar-refractivity contribution in [3.8, 4) is 0 Å². The normalized spacial score (nSPS) is 18.2. The van der Waals surface area contributed by atoms with Gasteiger partial charge in [0.2, 0.25) is 11.8 Å². The predicted molar refractivity (Wildman–Crippen MR) is 139 cm³/mol. The van der Waals surface area contributed by atoms with E-state index in [2.05, 4.69) is 29.8 Å².